The van der Waals surface area contributed by atoms with Gasteiger partial charge in [-0.3, -0.25) is 9.59 Å². The number of hydrogen-bond acceptors (Lipinski definition) is 4. The van der Waals surface area contributed by atoms with E-state index in [0.29, 0.717) is 24.6 Å². The molecule has 2 amide bonds. The first kappa shape index (κ1) is 19.2. The number of rotatable bonds is 9. The Hall–Kier alpha value is -2.08. The van der Waals surface area contributed by atoms with Crippen molar-refractivity contribution in [3.8, 4) is 5.75 Å². The van der Waals surface area contributed by atoms with E-state index in [1.165, 1.54) is 12.8 Å². The molecule has 1 aliphatic rings. The van der Waals surface area contributed by atoms with E-state index in [2.05, 4.69) is 22.5 Å². The fourth-order valence-corrected chi connectivity index (χ4v) is 2.95. The Morgan fingerprint density at radius 3 is 2.48 bits per heavy atom. The van der Waals surface area contributed by atoms with Gasteiger partial charge >= 0.3 is 0 Å². The number of amides is 2. The maximum atomic E-state index is 12.0. The third kappa shape index (κ3) is 6.74. The molecular weight excluding hydrogens is 318 g/mol. The summed E-state index contributed by atoms with van der Waals surface area (Å²) in [5, 5.41) is 5.53. The highest BCUT2D eigenvalue weighted by Crippen LogP contribution is 2.12. The van der Waals surface area contributed by atoms with E-state index in [-0.39, 0.29) is 18.4 Å². The third-order valence-corrected chi connectivity index (χ3v) is 4.25. The van der Waals surface area contributed by atoms with Gasteiger partial charge in [0, 0.05) is 18.7 Å². The Morgan fingerprint density at radius 2 is 1.84 bits per heavy atom. The SMILES string of the molecule is CCOc1ccc(C(=O)NCC(=O)NCC(C)CN2CCCC2)cc1. The molecular formula is C19H29N3O3. The van der Waals surface area contributed by atoms with Crippen LogP contribution in [0.1, 0.15) is 37.0 Å². The summed E-state index contributed by atoms with van der Waals surface area (Å²) in [5.74, 6) is 0.712. The average molecular weight is 347 g/mol. The Morgan fingerprint density at radius 1 is 1.16 bits per heavy atom. The van der Waals surface area contributed by atoms with E-state index in [0.717, 1.165) is 25.4 Å². The molecule has 138 valence electrons. The van der Waals surface area contributed by atoms with E-state index in [1.54, 1.807) is 24.3 Å². The smallest absolute Gasteiger partial charge is 0.251 e. The Labute approximate surface area is 149 Å². The fourth-order valence-electron chi connectivity index (χ4n) is 2.95. The zero-order valence-electron chi connectivity index (χ0n) is 15.2. The van der Waals surface area contributed by atoms with Crippen molar-refractivity contribution >= 4 is 11.8 Å². The van der Waals surface area contributed by atoms with E-state index in [1.807, 2.05) is 6.92 Å². The predicted octanol–water partition coefficient (Wildman–Crippen LogP) is 1.66. The first-order valence-electron chi connectivity index (χ1n) is 9.08. The largest absolute Gasteiger partial charge is 0.494 e. The molecule has 1 aromatic carbocycles. The van der Waals surface area contributed by atoms with Crippen molar-refractivity contribution in [2.24, 2.45) is 5.92 Å². The van der Waals surface area contributed by atoms with Crippen LogP contribution >= 0.6 is 0 Å². The van der Waals surface area contributed by atoms with E-state index >= 15 is 0 Å². The monoisotopic (exact) mass is 347 g/mol. The van der Waals surface area contributed by atoms with Crippen LogP contribution in [-0.2, 0) is 4.79 Å². The van der Waals surface area contributed by atoms with Crippen molar-refractivity contribution in [2.75, 3.05) is 39.3 Å². The Kier molecular flexibility index (Phi) is 7.73. The summed E-state index contributed by atoms with van der Waals surface area (Å²) >= 11 is 0. The molecule has 2 N–H and O–H groups in total. The molecule has 6 nitrogen and oxygen atoms in total. The van der Waals surface area contributed by atoms with Crippen molar-refractivity contribution in [2.45, 2.75) is 26.7 Å². The van der Waals surface area contributed by atoms with Gasteiger partial charge in [-0.05, 0) is 63.0 Å². The Balaban J connectivity index is 1.65. The zero-order valence-corrected chi connectivity index (χ0v) is 15.2. The summed E-state index contributed by atoms with van der Waals surface area (Å²) in [6, 6.07) is 6.88. The van der Waals surface area contributed by atoms with Crippen LogP contribution in [0.5, 0.6) is 5.75 Å². The molecule has 0 bridgehead atoms. The summed E-state index contributed by atoms with van der Waals surface area (Å²) in [7, 11) is 0. The first-order valence-corrected chi connectivity index (χ1v) is 9.08. The number of hydrogen-bond donors (Lipinski definition) is 2. The van der Waals surface area contributed by atoms with Gasteiger partial charge in [-0.25, -0.2) is 0 Å². The van der Waals surface area contributed by atoms with Crippen LogP contribution in [0.2, 0.25) is 0 Å². The molecule has 0 aromatic heterocycles. The van der Waals surface area contributed by atoms with Crippen LogP contribution in [0.25, 0.3) is 0 Å². The summed E-state index contributed by atoms with van der Waals surface area (Å²) in [4.78, 5) is 26.4. The molecule has 25 heavy (non-hydrogen) atoms. The van der Waals surface area contributed by atoms with Crippen LogP contribution in [0.4, 0.5) is 0 Å². The van der Waals surface area contributed by atoms with Crippen LogP contribution in [-0.4, -0.2) is 56.0 Å². The molecule has 0 saturated carbocycles. The molecule has 1 fully saturated rings. The number of ether oxygens (including phenoxy) is 1. The fraction of sp³-hybridized carbons (Fsp3) is 0.579. The quantitative estimate of drug-likeness (QED) is 0.713. The van der Waals surface area contributed by atoms with Gasteiger partial charge in [0.1, 0.15) is 5.75 Å². The summed E-state index contributed by atoms with van der Waals surface area (Å²) in [6.07, 6.45) is 2.55. The minimum Gasteiger partial charge on any atom is -0.494 e. The standard InChI is InChI=1S/C19H29N3O3/c1-3-25-17-8-6-16(7-9-17)19(24)21-13-18(23)20-12-15(2)14-22-10-4-5-11-22/h6-9,15H,3-5,10-14H2,1-2H3,(H,20,23)(H,21,24). The molecule has 1 atom stereocenters. The van der Waals surface area contributed by atoms with Gasteiger partial charge in [0.15, 0.2) is 0 Å². The highest BCUT2D eigenvalue weighted by atomic mass is 16.5. The summed E-state index contributed by atoms with van der Waals surface area (Å²) in [6.45, 7) is 8.59. The lowest BCUT2D eigenvalue weighted by molar-refractivity contribution is -0.120. The van der Waals surface area contributed by atoms with Gasteiger partial charge in [0.25, 0.3) is 5.91 Å². The van der Waals surface area contributed by atoms with E-state index in [4.69, 9.17) is 4.74 Å². The predicted molar refractivity (Wildman–Crippen MR) is 97.8 cm³/mol. The molecule has 0 spiro atoms. The van der Waals surface area contributed by atoms with Gasteiger partial charge in [-0.2, -0.15) is 0 Å². The topological polar surface area (TPSA) is 70.7 Å². The number of nitrogens with zero attached hydrogens (tertiary/aromatic N) is 1. The minimum absolute atomic E-state index is 0.0114. The number of likely N-dealkylation sites (tertiary alicyclic amines) is 1. The van der Waals surface area contributed by atoms with E-state index < -0.39 is 0 Å². The van der Waals surface area contributed by atoms with Crippen molar-refractivity contribution in [3.63, 3.8) is 0 Å². The maximum Gasteiger partial charge on any atom is 0.251 e. The van der Waals surface area contributed by atoms with Crippen molar-refractivity contribution < 1.29 is 14.3 Å². The zero-order chi connectivity index (χ0) is 18.1. The number of carbonyl (C=O) groups is 2. The van der Waals surface area contributed by atoms with Gasteiger partial charge in [0.2, 0.25) is 5.91 Å². The second-order valence-corrected chi connectivity index (χ2v) is 6.56. The molecule has 0 radical (unpaired) electrons. The number of benzene rings is 1. The molecule has 1 aromatic rings. The second-order valence-electron chi connectivity index (χ2n) is 6.56. The van der Waals surface area contributed by atoms with Gasteiger partial charge in [-0.15, -0.1) is 0 Å². The first-order chi connectivity index (χ1) is 12.1. The normalized spacial score (nSPS) is 15.6. The van der Waals surface area contributed by atoms with Crippen LogP contribution in [0.15, 0.2) is 24.3 Å². The van der Waals surface area contributed by atoms with Crippen LogP contribution < -0.4 is 15.4 Å². The van der Waals surface area contributed by atoms with Crippen LogP contribution in [0.3, 0.4) is 0 Å². The molecule has 0 aliphatic carbocycles. The molecule has 1 unspecified atom stereocenters. The van der Waals surface area contributed by atoms with E-state index in [9.17, 15) is 9.59 Å². The Bertz CT molecular complexity index is 554. The van der Waals surface area contributed by atoms with Gasteiger partial charge < -0.3 is 20.3 Å². The highest BCUT2D eigenvalue weighted by molar-refractivity contribution is 5.96. The lowest BCUT2D eigenvalue weighted by Gasteiger charge is -2.20. The average Bonchev–Trinajstić information content (AvgIpc) is 3.11. The highest BCUT2D eigenvalue weighted by Gasteiger charge is 2.15. The minimum atomic E-state index is -0.261. The molecule has 1 heterocycles. The molecule has 2 rings (SSSR count). The van der Waals surface area contributed by atoms with Gasteiger partial charge in [-0.1, -0.05) is 6.92 Å². The summed E-state index contributed by atoms with van der Waals surface area (Å²) < 4.78 is 5.34. The number of nitrogens with one attached hydrogen (secondary N) is 2. The third-order valence-electron chi connectivity index (χ3n) is 4.25. The van der Waals surface area contributed by atoms with Crippen molar-refractivity contribution in [3.05, 3.63) is 29.8 Å². The molecule has 6 heteroatoms. The lowest BCUT2D eigenvalue weighted by atomic mass is 10.1. The lowest BCUT2D eigenvalue weighted by Crippen LogP contribution is -2.40. The summed E-state index contributed by atoms with van der Waals surface area (Å²) in [5.41, 5.74) is 0.513. The van der Waals surface area contributed by atoms with Crippen molar-refractivity contribution in [1.29, 1.82) is 0 Å². The van der Waals surface area contributed by atoms with Crippen molar-refractivity contribution in [1.82, 2.24) is 15.5 Å². The molecule has 1 saturated heterocycles. The molecule has 1 aliphatic heterocycles. The number of carbonyl (C=O) groups excluding carboxylic acids is 2. The van der Waals surface area contributed by atoms with Gasteiger partial charge in [0.05, 0.1) is 13.2 Å². The van der Waals surface area contributed by atoms with Crippen LogP contribution in [0, 0.1) is 5.92 Å². The maximum absolute atomic E-state index is 12.0. The second kappa shape index (κ2) is 10.0.